The lowest BCUT2D eigenvalue weighted by Crippen LogP contribution is -2.50. The van der Waals surface area contributed by atoms with Crippen molar-refractivity contribution in [1.82, 2.24) is 9.80 Å². The maximum absolute atomic E-state index is 17.8. The topological polar surface area (TPSA) is 73.3 Å². The third-order valence-electron chi connectivity index (χ3n) is 12.5. The van der Waals surface area contributed by atoms with Gasteiger partial charge in [0.25, 0.3) is 5.91 Å². The van der Waals surface area contributed by atoms with Gasteiger partial charge in [-0.25, -0.2) is 4.39 Å². The molecule has 1 N–H and O–H groups in total. The number of carboxylic acid groups (broad SMARTS) is 1. The molecule has 274 valence electrons. The third kappa shape index (κ3) is 6.95. The highest BCUT2D eigenvalue weighted by molar-refractivity contribution is 5.88. The van der Waals surface area contributed by atoms with Gasteiger partial charge in [0.1, 0.15) is 5.75 Å². The third-order valence-corrected chi connectivity index (χ3v) is 12.5. The summed E-state index contributed by atoms with van der Waals surface area (Å²) in [6.07, 6.45) is 0.829. The van der Waals surface area contributed by atoms with E-state index in [1.807, 2.05) is 24.0 Å². The van der Waals surface area contributed by atoms with Gasteiger partial charge in [-0.1, -0.05) is 38.5 Å². The van der Waals surface area contributed by atoms with E-state index in [-0.39, 0.29) is 31.0 Å². The molecule has 3 aliphatic heterocycles. The van der Waals surface area contributed by atoms with E-state index in [0.29, 0.717) is 68.4 Å². The molecule has 2 aromatic rings. The van der Waals surface area contributed by atoms with Crippen LogP contribution in [0.5, 0.6) is 5.75 Å². The van der Waals surface area contributed by atoms with Crippen molar-refractivity contribution in [3.05, 3.63) is 59.2 Å². The van der Waals surface area contributed by atoms with Crippen molar-refractivity contribution in [3.63, 3.8) is 0 Å². The fourth-order valence-electron chi connectivity index (χ4n) is 8.99. The molecule has 1 saturated carbocycles. The summed E-state index contributed by atoms with van der Waals surface area (Å²) in [6.45, 7) is 7.51. The number of carboxylic acids is 1. The molecular weight excluding hydrogens is 650 g/mol. The van der Waals surface area contributed by atoms with E-state index in [1.165, 1.54) is 12.1 Å². The number of methoxy groups -OCH3 is 1. The zero-order valence-corrected chi connectivity index (χ0v) is 29.6. The Bertz CT molecular complexity index is 1530. The second-order valence-electron chi connectivity index (χ2n) is 15.6. The first-order valence-electron chi connectivity index (χ1n) is 18.2. The summed E-state index contributed by atoms with van der Waals surface area (Å²) < 4.78 is 65.1. The van der Waals surface area contributed by atoms with Crippen molar-refractivity contribution >= 4 is 17.6 Å². The van der Waals surface area contributed by atoms with Gasteiger partial charge in [-0.2, -0.15) is 13.2 Å². The van der Waals surface area contributed by atoms with Gasteiger partial charge in [0, 0.05) is 62.8 Å². The number of halogens is 4. The van der Waals surface area contributed by atoms with Gasteiger partial charge in [-0.15, -0.1) is 0 Å². The van der Waals surface area contributed by atoms with E-state index in [9.17, 15) is 27.9 Å². The molecule has 4 aliphatic rings. The number of hydrogen-bond acceptors (Lipinski definition) is 5. The predicted octanol–water partition coefficient (Wildman–Crippen LogP) is 7.74. The average molecular weight is 702 g/mol. The van der Waals surface area contributed by atoms with Crippen LogP contribution in [0, 0.1) is 17.3 Å². The Morgan fingerprint density at radius 1 is 0.980 bits per heavy atom. The number of piperidine rings is 1. The van der Waals surface area contributed by atoms with Crippen LogP contribution in [0.25, 0.3) is 0 Å². The van der Waals surface area contributed by atoms with Crippen molar-refractivity contribution in [2.45, 2.75) is 95.4 Å². The number of rotatable bonds is 8. The van der Waals surface area contributed by atoms with Crippen LogP contribution < -0.4 is 9.64 Å². The zero-order chi connectivity index (χ0) is 36.0. The lowest BCUT2D eigenvalue weighted by Gasteiger charge is -2.39. The van der Waals surface area contributed by atoms with Crippen molar-refractivity contribution in [3.8, 4) is 5.75 Å². The molecule has 1 amide bonds. The number of likely N-dealkylation sites (tertiary alicyclic amines) is 2. The minimum absolute atomic E-state index is 0.0151. The quantitative estimate of drug-likeness (QED) is 0.284. The fourth-order valence-corrected chi connectivity index (χ4v) is 8.99. The van der Waals surface area contributed by atoms with Crippen LogP contribution in [-0.2, 0) is 15.8 Å². The van der Waals surface area contributed by atoms with E-state index in [0.717, 1.165) is 37.3 Å². The molecule has 50 heavy (non-hydrogen) atoms. The van der Waals surface area contributed by atoms with Crippen LogP contribution >= 0.6 is 0 Å². The smallest absolute Gasteiger partial charge is 0.416 e. The lowest BCUT2D eigenvalue weighted by atomic mass is 9.79. The summed E-state index contributed by atoms with van der Waals surface area (Å²) in [5, 5.41) is 9.76. The van der Waals surface area contributed by atoms with Crippen LogP contribution in [0.3, 0.4) is 0 Å². The highest BCUT2D eigenvalue weighted by Crippen LogP contribution is 2.48. The number of aliphatic carboxylic acids is 1. The van der Waals surface area contributed by atoms with E-state index in [1.54, 1.807) is 31.1 Å². The van der Waals surface area contributed by atoms with Crippen molar-refractivity contribution in [2.24, 2.45) is 17.3 Å². The molecule has 0 bridgehead atoms. The molecule has 0 radical (unpaired) electrons. The Balaban J connectivity index is 1.30. The minimum atomic E-state index is -4.55. The number of anilines is 1. The van der Waals surface area contributed by atoms with E-state index < -0.39 is 40.6 Å². The van der Waals surface area contributed by atoms with E-state index in [2.05, 4.69) is 11.8 Å². The Morgan fingerprint density at radius 2 is 1.64 bits per heavy atom. The molecule has 0 unspecified atom stereocenters. The molecule has 2 aromatic carbocycles. The number of ether oxygens (including phenoxy) is 1. The summed E-state index contributed by atoms with van der Waals surface area (Å²) in [4.78, 5) is 32.2. The Hall–Kier alpha value is -3.34. The first kappa shape index (κ1) is 36.5. The van der Waals surface area contributed by atoms with Crippen LogP contribution in [0.1, 0.15) is 94.2 Å². The zero-order valence-electron chi connectivity index (χ0n) is 29.6. The van der Waals surface area contributed by atoms with Crippen LogP contribution in [-0.4, -0.2) is 84.9 Å². The second kappa shape index (κ2) is 14.0. The number of hydrogen-bond donors (Lipinski definition) is 1. The van der Waals surface area contributed by atoms with Crippen LogP contribution in [0.2, 0.25) is 0 Å². The molecule has 7 nitrogen and oxygen atoms in total. The molecule has 3 heterocycles. The van der Waals surface area contributed by atoms with Gasteiger partial charge in [0.2, 0.25) is 5.67 Å². The minimum Gasteiger partial charge on any atom is -0.497 e. The first-order valence-corrected chi connectivity index (χ1v) is 18.2. The van der Waals surface area contributed by atoms with Gasteiger partial charge < -0.3 is 19.6 Å². The summed E-state index contributed by atoms with van der Waals surface area (Å²) in [7, 11) is 1.58. The van der Waals surface area contributed by atoms with E-state index in [4.69, 9.17) is 4.74 Å². The number of carbonyl (C=O) groups excluding carboxylic acids is 1. The first-order chi connectivity index (χ1) is 23.7. The van der Waals surface area contributed by atoms with E-state index >= 15 is 4.39 Å². The SMILES string of the molecule is CC[C@H]1CN(C(=O)[C@]2(F)CN([C@H]3CC[C@H](C)CC3)C[C@H]2c2ccc(OC)cc2)C[C@@H]1c1ccc(C(F)(F)F)cc1N1CCC(C)(C(=O)O)CC1. The van der Waals surface area contributed by atoms with Crippen LogP contribution in [0.4, 0.5) is 23.2 Å². The molecule has 1 aliphatic carbocycles. The van der Waals surface area contributed by atoms with Gasteiger partial charge in [-0.05, 0) is 92.7 Å². The van der Waals surface area contributed by atoms with Gasteiger partial charge >= 0.3 is 12.1 Å². The highest BCUT2D eigenvalue weighted by Gasteiger charge is 2.57. The number of benzene rings is 2. The second-order valence-corrected chi connectivity index (χ2v) is 15.6. The monoisotopic (exact) mass is 701 g/mol. The summed E-state index contributed by atoms with van der Waals surface area (Å²) >= 11 is 0. The molecule has 3 saturated heterocycles. The predicted molar refractivity (Wildman–Crippen MR) is 184 cm³/mol. The summed E-state index contributed by atoms with van der Waals surface area (Å²) in [5.74, 6) is -1.21. The van der Waals surface area contributed by atoms with Crippen molar-refractivity contribution in [2.75, 3.05) is 51.3 Å². The molecule has 0 aromatic heterocycles. The molecule has 4 fully saturated rings. The molecular formula is C39H51F4N3O4. The summed E-state index contributed by atoms with van der Waals surface area (Å²) in [6, 6.07) is 11.3. The maximum Gasteiger partial charge on any atom is 0.416 e. The fraction of sp³-hybridized carbons (Fsp3) is 0.641. The largest absolute Gasteiger partial charge is 0.497 e. The maximum atomic E-state index is 17.8. The Labute approximate surface area is 292 Å². The average Bonchev–Trinajstić information content (AvgIpc) is 3.70. The molecule has 4 atom stereocenters. The normalized spacial score (nSPS) is 30.4. The number of alkyl halides is 4. The standard InChI is InChI=1S/C39H51F4N3O4/c1-5-26-21-45(22-32(26)31-15-10-28(39(41,42)43)20-34(31)44-18-16-37(3,17-19-44)36(48)49)35(47)38(40)24-46(29-11-6-25(2)7-12-29)23-33(38)27-8-13-30(50-4)14-9-27/h8-10,13-15,20,25-26,29,32-33H,5-7,11-12,16-19,21-24H2,1-4H3,(H,48,49)/t25-,26-,29-,32-,33-,38-/m0/s1. The van der Waals surface area contributed by atoms with Gasteiger partial charge in [0.05, 0.1) is 18.1 Å². The van der Waals surface area contributed by atoms with Gasteiger partial charge in [-0.3, -0.25) is 14.5 Å². The number of carbonyl (C=O) groups is 2. The van der Waals surface area contributed by atoms with Gasteiger partial charge in [0.15, 0.2) is 0 Å². The number of nitrogens with zero attached hydrogens (tertiary/aromatic N) is 3. The van der Waals surface area contributed by atoms with Crippen LogP contribution in [0.15, 0.2) is 42.5 Å². The highest BCUT2D eigenvalue weighted by atomic mass is 19.4. The van der Waals surface area contributed by atoms with Crippen molar-refractivity contribution < 1.29 is 37.0 Å². The summed E-state index contributed by atoms with van der Waals surface area (Å²) in [5.41, 5.74) is -2.00. The van der Waals surface area contributed by atoms with Crippen molar-refractivity contribution in [1.29, 1.82) is 0 Å². The lowest BCUT2D eigenvalue weighted by molar-refractivity contribution is -0.149. The Kier molecular flexibility index (Phi) is 10.2. The number of amides is 1. The molecule has 6 rings (SSSR count). The molecule has 11 heteroatoms. The molecule has 0 spiro atoms. The Morgan fingerprint density at radius 3 is 2.22 bits per heavy atom.